The van der Waals surface area contributed by atoms with Gasteiger partial charge in [-0.15, -0.1) is 0 Å². The molecular weight excluding hydrogens is 304 g/mol. The molecule has 0 aromatic rings. The molecule has 0 heterocycles. The summed E-state index contributed by atoms with van der Waals surface area (Å²) in [6.45, 7) is 4.61. The van der Waals surface area contributed by atoms with Crippen molar-refractivity contribution < 1.29 is 8.85 Å². The summed E-state index contributed by atoms with van der Waals surface area (Å²) in [5, 5.41) is 0. The minimum Gasteiger partial charge on any atom is -0.374 e. The highest BCUT2D eigenvalue weighted by atomic mass is 28.4. The maximum absolute atomic E-state index is 6.04. The van der Waals surface area contributed by atoms with Crippen molar-refractivity contribution in [3.8, 4) is 0 Å². The molecule has 2 fully saturated rings. The zero-order valence-electron chi connectivity index (χ0n) is 15.8. The topological polar surface area (TPSA) is 42.5 Å². The van der Waals surface area contributed by atoms with Crippen LogP contribution in [0, 0.1) is 0 Å². The normalized spacial score (nSPS) is 24.5. The third-order valence-electron chi connectivity index (χ3n) is 6.41. The van der Waals surface area contributed by atoms with E-state index in [1.807, 2.05) is 14.2 Å². The van der Waals surface area contributed by atoms with Gasteiger partial charge in [-0.1, -0.05) is 52.4 Å². The molecule has 0 amide bonds. The Hall–Kier alpha value is 0.0569. The Morgan fingerprint density at radius 3 is 1.30 bits per heavy atom. The van der Waals surface area contributed by atoms with Gasteiger partial charge in [-0.05, 0) is 38.5 Å². The maximum atomic E-state index is 6.04. The summed E-state index contributed by atoms with van der Waals surface area (Å²) < 4.78 is 12.1. The molecule has 2 aliphatic rings. The van der Waals surface area contributed by atoms with Crippen LogP contribution in [0.2, 0.25) is 0 Å². The van der Waals surface area contributed by atoms with Gasteiger partial charge in [0.15, 0.2) is 0 Å². The van der Waals surface area contributed by atoms with Crippen molar-refractivity contribution in [2.45, 2.75) is 102 Å². The standard InChI is InChI=1S/C18H38N2O2Si/c1-5-17(13-9-7-10-14-17)19-23(21-3,22-4)20-18(6-2)15-11-8-12-16-18/h19-20H,5-16H2,1-4H3. The van der Waals surface area contributed by atoms with E-state index >= 15 is 0 Å². The van der Waals surface area contributed by atoms with Gasteiger partial charge in [-0.25, -0.2) is 0 Å². The van der Waals surface area contributed by atoms with Crippen molar-refractivity contribution in [2.24, 2.45) is 0 Å². The molecule has 0 bridgehead atoms. The van der Waals surface area contributed by atoms with E-state index in [9.17, 15) is 0 Å². The molecular formula is C18H38N2O2Si. The molecule has 2 saturated carbocycles. The first-order valence-corrected chi connectivity index (χ1v) is 11.6. The highest BCUT2D eigenvalue weighted by Gasteiger charge is 2.50. The van der Waals surface area contributed by atoms with E-state index in [0.29, 0.717) is 0 Å². The van der Waals surface area contributed by atoms with Gasteiger partial charge >= 0.3 is 8.88 Å². The zero-order valence-corrected chi connectivity index (χ0v) is 16.8. The summed E-state index contributed by atoms with van der Waals surface area (Å²) >= 11 is 0. The Morgan fingerprint density at radius 2 is 1.04 bits per heavy atom. The van der Waals surface area contributed by atoms with Gasteiger partial charge in [0, 0.05) is 25.3 Å². The lowest BCUT2D eigenvalue weighted by atomic mass is 9.81. The monoisotopic (exact) mass is 342 g/mol. The van der Waals surface area contributed by atoms with E-state index < -0.39 is 8.88 Å². The Balaban J connectivity index is 2.16. The number of hydrogen-bond donors (Lipinski definition) is 2. The van der Waals surface area contributed by atoms with Gasteiger partial charge in [0.2, 0.25) is 0 Å². The smallest absolute Gasteiger partial charge is 0.374 e. The van der Waals surface area contributed by atoms with Crippen molar-refractivity contribution in [3.63, 3.8) is 0 Å². The fourth-order valence-electron chi connectivity index (χ4n) is 4.61. The lowest BCUT2D eigenvalue weighted by Gasteiger charge is -2.48. The van der Waals surface area contributed by atoms with E-state index in [0.717, 1.165) is 12.8 Å². The molecule has 23 heavy (non-hydrogen) atoms. The SMILES string of the molecule is CCC1(N[Si](NC2(CC)CCCCC2)(OC)OC)CCCCC1. The van der Waals surface area contributed by atoms with E-state index in [4.69, 9.17) is 8.85 Å². The van der Waals surface area contributed by atoms with Crippen LogP contribution < -0.4 is 9.96 Å². The molecule has 4 nitrogen and oxygen atoms in total. The zero-order chi connectivity index (χ0) is 16.8. The van der Waals surface area contributed by atoms with Crippen molar-refractivity contribution in [1.82, 2.24) is 9.96 Å². The van der Waals surface area contributed by atoms with E-state index in [1.54, 1.807) is 0 Å². The highest BCUT2D eigenvalue weighted by molar-refractivity contribution is 6.62. The van der Waals surface area contributed by atoms with Gasteiger partial charge in [-0.3, -0.25) is 9.96 Å². The fraction of sp³-hybridized carbons (Fsp3) is 1.00. The number of rotatable bonds is 8. The summed E-state index contributed by atoms with van der Waals surface area (Å²) in [7, 11) is 1.02. The molecule has 2 N–H and O–H groups in total. The first-order valence-electron chi connectivity index (χ1n) is 9.76. The van der Waals surface area contributed by atoms with Crippen molar-refractivity contribution in [1.29, 1.82) is 0 Å². The van der Waals surface area contributed by atoms with E-state index in [1.165, 1.54) is 64.2 Å². The predicted octanol–water partition coefficient (Wildman–Crippen LogP) is 4.12. The van der Waals surface area contributed by atoms with Gasteiger partial charge in [0.25, 0.3) is 0 Å². The van der Waals surface area contributed by atoms with Crippen molar-refractivity contribution in [2.75, 3.05) is 14.2 Å². The minimum atomic E-state index is -2.60. The van der Waals surface area contributed by atoms with Crippen LogP contribution in [0.1, 0.15) is 90.9 Å². The molecule has 0 aromatic carbocycles. The summed E-state index contributed by atoms with van der Waals surface area (Å²) in [5.41, 5.74) is 0.375. The Labute approximate surface area is 144 Å². The van der Waals surface area contributed by atoms with Crippen LogP contribution >= 0.6 is 0 Å². The van der Waals surface area contributed by atoms with Crippen LogP contribution in [0.3, 0.4) is 0 Å². The number of nitrogens with one attached hydrogen (secondary N) is 2. The number of hydrogen-bond acceptors (Lipinski definition) is 4. The quantitative estimate of drug-likeness (QED) is 0.651. The van der Waals surface area contributed by atoms with Crippen LogP contribution in [0.15, 0.2) is 0 Å². The molecule has 0 aromatic heterocycles. The van der Waals surface area contributed by atoms with Gasteiger partial charge in [0.1, 0.15) is 0 Å². The minimum absolute atomic E-state index is 0.188. The van der Waals surface area contributed by atoms with Crippen LogP contribution in [-0.2, 0) is 8.85 Å². The van der Waals surface area contributed by atoms with Crippen LogP contribution in [0.25, 0.3) is 0 Å². The summed E-state index contributed by atoms with van der Waals surface area (Å²) in [6, 6.07) is 0. The molecule has 2 rings (SSSR count). The molecule has 0 atom stereocenters. The Morgan fingerprint density at radius 1 is 0.696 bits per heavy atom. The largest absolute Gasteiger partial charge is 0.517 e. The Kier molecular flexibility index (Phi) is 7.11. The summed E-state index contributed by atoms with van der Waals surface area (Å²) in [6.07, 6.45) is 15.3. The first kappa shape index (κ1) is 19.4. The van der Waals surface area contributed by atoms with Gasteiger partial charge in [-0.2, -0.15) is 0 Å². The maximum Gasteiger partial charge on any atom is 0.517 e. The molecule has 0 radical (unpaired) electrons. The molecule has 5 heteroatoms. The van der Waals surface area contributed by atoms with Crippen LogP contribution in [0.5, 0.6) is 0 Å². The van der Waals surface area contributed by atoms with Crippen molar-refractivity contribution >= 4 is 8.88 Å². The lowest BCUT2D eigenvalue weighted by Crippen LogP contribution is -2.76. The lowest BCUT2D eigenvalue weighted by molar-refractivity contribution is 0.135. The second-order valence-corrected chi connectivity index (χ2v) is 10.2. The molecule has 0 spiro atoms. The third-order valence-corrected chi connectivity index (χ3v) is 9.28. The highest BCUT2D eigenvalue weighted by Crippen LogP contribution is 2.35. The Bertz CT molecular complexity index is 319. The second-order valence-electron chi connectivity index (χ2n) is 7.66. The van der Waals surface area contributed by atoms with Crippen LogP contribution in [-0.4, -0.2) is 34.2 Å². The van der Waals surface area contributed by atoms with Crippen LogP contribution in [0.4, 0.5) is 0 Å². The molecule has 2 aliphatic carbocycles. The third kappa shape index (κ3) is 4.57. The molecule has 0 unspecified atom stereocenters. The van der Waals surface area contributed by atoms with Gasteiger partial charge in [0.05, 0.1) is 0 Å². The van der Waals surface area contributed by atoms with Crippen molar-refractivity contribution in [3.05, 3.63) is 0 Å². The first-order chi connectivity index (χ1) is 11.1. The van der Waals surface area contributed by atoms with E-state index in [2.05, 4.69) is 23.8 Å². The van der Waals surface area contributed by atoms with Gasteiger partial charge < -0.3 is 8.85 Å². The second kappa shape index (κ2) is 8.43. The fourth-order valence-corrected chi connectivity index (χ4v) is 7.50. The summed E-state index contributed by atoms with van der Waals surface area (Å²) in [4.78, 5) is 7.84. The summed E-state index contributed by atoms with van der Waals surface area (Å²) in [5.74, 6) is 0. The predicted molar refractivity (Wildman–Crippen MR) is 98.3 cm³/mol. The molecule has 0 aliphatic heterocycles. The average Bonchev–Trinajstić information content (AvgIpc) is 2.62. The molecule has 136 valence electrons. The molecule has 0 saturated heterocycles. The average molecular weight is 343 g/mol. The van der Waals surface area contributed by atoms with E-state index in [-0.39, 0.29) is 11.1 Å².